The molecule has 13 aromatic rings. The molecule has 7 nitrogen and oxygen atoms in total. The van der Waals surface area contributed by atoms with E-state index in [2.05, 4.69) is 30.3 Å². The van der Waals surface area contributed by atoms with Crippen molar-refractivity contribution in [1.29, 1.82) is 26.3 Å². The van der Waals surface area contributed by atoms with Gasteiger partial charge in [-0.3, -0.25) is 0 Å². The fourth-order valence-corrected chi connectivity index (χ4v) is 11.8. The second-order valence-electron chi connectivity index (χ2n) is 20.7. The summed E-state index contributed by atoms with van der Waals surface area (Å²) < 4.78 is 95.0. The molecule has 0 fully saturated rings. The number of nitriles is 5. The van der Waals surface area contributed by atoms with Crippen molar-refractivity contribution < 1.29 is 26.3 Å². The monoisotopic (exact) mass is 1130 g/mol. The summed E-state index contributed by atoms with van der Waals surface area (Å²) in [6.07, 6.45) is -10.4. The molecule has 13 rings (SSSR count). The lowest BCUT2D eigenvalue weighted by molar-refractivity contribution is -0.142. The van der Waals surface area contributed by atoms with Crippen LogP contribution in [0.5, 0.6) is 0 Å². The lowest BCUT2D eigenvalue weighted by Crippen LogP contribution is -2.14. The molecule has 0 aliphatic carbocycles. The van der Waals surface area contributed by atoms with Gasteiger partial charge in [0.1, 0.15) is 0 Å². The molecule has 0 spiro atoms. The maximum atomic E-state index is 15.2. The van der Waals surface area contributed by atoms with Gasteiger partial charge in [-0.25, -0.2) is 0 Å². The van der Waals surface area contributed by atoms with E-state index in [9.17, 15) is 26.3 Å². The van der Waals surface area contributed by atoms with Crippen LogP contribution >= 0.6 is 0 Å². The van der Waals surface area contributed by atoms with Gasteiger partial charge in [0, 0.05) is 43.9 Å². The van der Waals surface area contributed by atoms with E-state index in [0.29, 0.717) is 78.6 Å². The van der Waals surface area contributed by atoms with Gasteiger partial charge < -0.3 is 9.13 Å². The third kappa shape index (κ3) is 9.27. The molecular weight excluding hydrogens is 1090 g/mol. The Balaban J connectivity index is 1.11. The zero-order valence-corrected chi connectivity index (χ0v) is 44.8. The van der Waals surface area contributed by atoms with Gasteiger partial charge in [-0.15, -0.1) is 0 Å². The van der Waals surface area contributed by atoms with E-state index in [-0.39, 0.29) is 16.7 Å². The quantitative estimate of drug-likeness (QED) is 0.140. The highest BCUT2D eigenvalue weighted by atomic mass is 19.4. The number of hydrogen-bond acceptors (Lipinski definition) is 5. The molecule has 0 unspecified atom stereocenters. The first-order valence-corrected chi connectivity index (χ1v) is 26.8. The molecule has 0 radical (unpaired) electrons. The maximum absolute atomic E-state index is 15.2. The highest BCUT2D eigenvalue weighted by Crippen LogP contribution is 2.48. The van der Waals surface area contributed by atoms with Gasteiger partial charge in [0.2, 0.25) is 0 Å². The summed E-state index contributed by atoms with van der Waals surface area (Å²) in [7, 11) is 0. The summed E-state index contributed by atoms with van der Waals surface area (Å²) in [5, 5.41) is 53.5. The van der Waals surface area contributed by atoms with E-state index in [0.717, 1.165) is 61.3 Å². The van der Waals surface area contributed by atoms with Crippen molar-refractivity contribution in [1.82, 2.24) is 9.13 Å². The summed E-state index contributed by atoms with van der Waals surface area (Å²) in [6.45, 7) is 0. The molecule has 0 saturated heterocycles. The first-order chi connectivity index (χ1) is 41.6. The van der Waals surface area contributed by atoms with Crippen molar-refractivity contribution in [3.8, 4) is 108 Å². The first-order valence-electron chi connectivity index (χ1n) is 26.8. The minimum atomic E-state index is -5.22. The lowest BCUT2D eigenvalue weighted by atomic mass is 9.89. The molecule has 11 aromatic carbocycles. The number of fused-ring (bicyclic) bond motifs is 6. The van der Waals surface area contributed by atoms with Crippen LogP contribution in [0.3, 0.4) is 0 Å². The number of hydrogen-bond donors (Lipinski definition) is 0. The minimum Gasteiger partial charge on any atom is -0.309 e. The molecule has 0 saturated carbocycles. The van der Waals surface area contributed by atoms with E-state index in [1.165, 1.54) is 18.2 Å². The fraction of sp³-hybridized carbons (Fsp3) is 0.0274. The normalized spacial score (nSPS) is 11.5. The van der Waals surface area contributed by atoms with E-state index in [1.807, 2.05) is 106 Å². The molecular formula is C73H37F6N7. The van der Waals surface area contributed by atoms with Crippen LogP contribution in [0.15, 0.2) is 224 Å². The molecule has 2 heterocycles. The summed E-state index contributed by atoms with van der Waals surface area (Å²) >= 11 is 0. The fourth-order valence-electron chi connectivity index (χ4n) is 11.8. The third-order valence-electron chi connectivity index (χ3n) is 15.7. The molecule has 2 aromatic heterocycles. The summed E-state index contributed by atoms with van der Waals surface area (Å²) in [4.78, 5) is 0. The van der Waals surface area contributed by atoms with Crippen LogP contribution in [0.2, 0.25) is 0 Å². The Morgan fingerprint density at radius 1 is 0.291 bits per heavy atom. The maximum Gasteiger partial charge on any atom is 0.417 e. The highest BCUT2D eigenvalue weighted by molar-refractivity contribution is 6.14. The Hall–Kier alpha value is -12.0. The second kappa shape index (κ2) is 20.8. The summed E-state index contributed by atoms with van der Waals surface area (Å²) in [6, 6.07) is 74.0. The van der Waals surface area contributed by atoms with Gasteiger partial charge in [0.15, 0.2) is 0 Å². The van der Waals surface area contributed by atoms with Gasteiger partial charge in [0.05, 0.1) is 97.0 Å². The van der Waals surface area contributed by atoms with Crippen molar-refractivity contribution in [2.45, 2.75) is 12.4 Å². The zero-order chi connectivity index (χ0) is 59.6. The van der Waals surface area contributed by atoms with Crippen molar-refractivity contribution in [3.63, 3.8) is 0 Å². The molecule has 406 valence electrons. The van der Waals surface area contributed by atoms with Crippen LogP contribution < -0.4 is 0 Å². The van der Waals surface area contributed by atoms with Crippen LogP contribution in [0.4, 0.5) is 26.3 Å². The van der Waals surface area contributed by atoms with Crippen LogP contribution in [0.25, 0.3) is 122 Å². The Kier molecular flexibility index (Phi) is 12.9. The predicted molar refractivity (Wildman–Crippen MR) is 321 cm³/mol. The van der Waals surface area contributed by atoms with Crippen LogP contribution in [-0.2, 0) is 12.4 Å². The Morgan fingerprint density at radius 3 is 1.00 bits per heavy atom. The smallest absolute Gasteiger partial charge is 0.309 e. The zero-order valence-electron chi connectivity index (χ0n) is 44.8. The van der Waals surface area contributed by atoms with Crippen LogP contribution in [0.1, 0.15) is 38.9 Å². The number of benzene rings is 11. The van der Waals surface area contributed by atoms with Crippen LogP contribution in [-0.4, -0.2) is 9.13 Å². The predicted octanol–water partition coefficient (Wildman–Crippen LogP) is 19.3. The van der Waals surface area contributed by atoms with Crippen molar-refractivity contribution in [2.75, 3.05) is 0 Å². The number of rotatable bonds is 8. The number of nitrogens with zero attached hydrogens (tertiary/aromatic N) is 7. The van der Waals surface area contributed by atoms with Crippen molar-refractivity contribution in [2.24, 2.45) is 0 Å². The summed E-state index contributed by atoms with van der Waals surface area (Å²) in [5.74, 6) is 0. The lowest BCUT2D eigenvalue weighted by Gasteiger charge is -2.22. The number of aromatic nitrogens is 2. The second-order valence-corrected chi connectivity index (χ2v) is 20.7. The van der Waals surface area contributed by atoms with Crippen molar-refractivity contribution in [3.05, 3.63) is 263 Å². The van der Waals surface area contributed by atoms with E-state index < -0.39 is 34.6 Å². The SMILES string of the molecule is N#Cc1cccc(-c2ccc3c(c2)c2cc(-c4cccc(C#N)c4)ccc2n3-c2ccc(C#N)c(-c3cc(-c4c(C(F)(F)F)cccc4C(F)(F)F)ccc3-n3c4ccc(-c5cccc(C#N)c5)cc4c4cc(-c5cccc(C#N)c5)ccc43)c2)c1. The van der Waals surface area contributed by atoms with Crippen LogP contribution in [0, 0.1) is 56.7 Å². The molecule has 0 amide bonds. The molecule has 0 atom stereocenters. The van der Waals surface area contributed by atoms with Gasteiger partial charge >= 0.3 is 12.4 Å². The number of alkyl halides is 6. The number of halogens is 6. The minimum absolute atomic E-state index is 0.0625. The third-order valence-corrected chi connectivity index (χ3v) is 15.7. The van der Waals surface area contributed by atoms with Gasteiger partial charge in [-0.05, 0) is 190 Å². The molecule has 86 heavy (non-hydrogen) atoms. The van der Waals surface area contributed by atoms with Gasteiger partial charge in [0.25, 0.3) is 0 Å². The highest BCUT2D eigenvalue weighted by Gasteiger charge is 2.41. The Labute approximate surface area is 487 Å². The van der Waals surface area contributed by atoms with Gasteiger partial charge in [-0.1, -0.05) is 84.9 Å². The largest absolute Gasteiger partial charge is 0.417 e. The molecule has 0 aliphatic rings. The molecule has 0 aliphatic heterocycles. The molecule has 0 N–H and O–H groups in total. The van der Waals surface area contributed by atoms with E-state index in [1.54, 1.807) is 91.0 Å². The average Bonchev–Trinajstić information content (AvgIpc) is 1.64. The van der Waals surface area contributed by atoms with E-state index in [4.69, 9.17) is 0 Å². The van der Waals surface area contributed by atoms with Crippen molar-refractivity contribution >= 4 is 43.6 Å². The topological polar surface area (TPSA) is 129 Å². The average molecular weight is 1130 g/mol. The van der Waals surface area contributed by atoms with Gasteiger partial charge in [-0.2, -0.15) is 52.7 Å². The Morgan fingerprint density at radius 2 is 0.640 bits per heavy atom. The van der Waals surface area contributed by atoms with E-state index >= 15 is 26.3 Å². The molecule has 0 bridgehead atoms. The Bertz CT molecular complexity index is 4980. The standard InChI is InChI=1S/C73H37F6N7/c74-72(75,76)64-14-5-15-65(73(77,78)79)71(64)55-21-27-68(86-69-25-19-53(49-12-3-8-45(30-49)40-82)34-62(69)63-35-54(20-26-70(63)86)50-13-4-9-46(31-50)41-83)59(36-55)58-37-57(22-16-56(58)42-84)85-66-23-17-51(47-10-1-6-43(28-47)38-80)32-60(66)61-33-52(18-24-67(61)85)48-11-2-7-44(29-48)39-81/h1-37H. The first kappa shape index (κ1) is 53.4. The summed E-state index contributed by atoms with van der Waals surface area (Å²) in [5.41, 5.74) is 7.28. The molecule has 13 heteroatoms.